The van der Waals surface area contributed by atoms with Crippen LogP contribution in [0.1, 0.15) is 36.0 Å². The molecular formula is C22H21NO2. The predicted molar refractivity (Wildman–Crippen MR) is 98.5 cm³/mol. The molecule has 4 rings (SSSR count). The molecule has 2 aromatic carbocycles. The molecule has 1 fully saturated rings. The summed E-state index contributed by atoms with van der Waals surface area (Å²) in [5.74, 6) is -0.220. The Morgan fingerprint density at radius 3 is 2.24 bits per heavy atom. The van der Waals surface area contributed by atoms with Crippen LogP contribution in [0.4, 0.5) is 5.69 Å². The minimum Gasteiger partial charge on any atom is -0.300 e. The maximum absolute atomic E-state index is 13.2. The normalized spacial score (nSPS) is 23.0. The summed E-state index contributed by atoms with van der Waals surface area (Å²) in [6.07, 6.45) is 6.39. The van der Waals surface area contributed by atoms with Gasteiger partial charge in [0, 0.05) is 11.3 Å². The molecule has 0 saturated carbocycles. The number of carbonyl (C=O) groups is 2. The van der Waals surface area contributed by atoms with Crippen molar-refractivity contribution < 1.29 is 9.59 Å². The van der Waals surface area contributed by atoms with Crippen molar-refractivity contribution >= 4 is 17.4 Å². The highest BCUT2D eigenvalue weighted by Gasteiger charge is 2.53. The minimum atomic E-state index is -0.429. The second-order valence-electron chi connectivity index (χ2n) is 6.72. The van der Waals surface area contributed by atoms with Gasteiger partial charge < -0.3 is 0 Å². The van der Waals surface area contributed by atoms with Gasteiger partial charge in [0.25, 0.3) is 0 Å². The van der Waals surface area contributed by atoms with E-state index in [-0.39, 0.29) is 17.6 Å². The van der Waals surface area contributed by atoms with Crippen LogP contribution in [0, 0.1) is 5.92 Å². The van der Waals surface area contributed by atoms with E-state index in [2.05, 4.69) is 6.08 Å². The number of para-hydroxylation sites is 1. The summed E-state index contributed by atoms with van der Waals surface area (Å²) >= 11 is 0. The molecule has 1 amide bonds. The van der Waals surface area contributed by atoms with Gasteiger partial charge in [0.1, 0.15) is 6.04 Å². The first-order valence-corrected chi connectivity index (χ1v) is 8.93. The summed E-state index contributed by atoms with van der Waals surface area (Å²) < 4.78 is 0. The van der Waals surface area contributed by atoms with Crippen molar-refractivity contribution in [2.45, 2.75) is 31.7 Å². The van der Waals surface area contributed by atoms with E-state index < -0.39 is 6.04 Å². The van der Waals surface area contributed by atoms with E-state index in [1.165, 1.54) is 6.42 Å². The molecule has 2 atom stereocenters. The molecule has 3 nitrogen and oxygen atoms in total. The number of Topliss-reactive ketones (excluding diaryl/α,β-unsaturated/α-hetero) is 1. The summed E-state index contributed by atoms with van der Waals surface area (Å²) in [6, 6.07) is 18.4. The summed E-state index contributed by atoms with van der Waals surface area (Å²) in [5.41, 5.74) is 2.62. The molecule has 0 bridgehead atoms. The Morgan fingerprint density at radius 1 is 0.920 bits per heavy atom. The highest BCUT2D eigenvalue weighted by atomic mass is 16.2. The van der Waals surface area contributed by atoms with Crippen LogP contribution in [0.3, 0.4) is 0 Å². The number of carbonyl (C=O) groups excluding carboxylic acids is 2. The number of β-lactam (4-membered cyclic amide) rings is 1. The summed E-state index contributed by atoms with van der Waals surface area (Å²) in [7, 11) is 0. The lowest BCUT2D eigenvalue weighted by atomic mass is 9.74. The average molecular weight is 331 g/mol. The number of hydrogen-bond acceptors (Lipinski definition) is 2. The number of rotatable bonds is 4. The highest BCUT2D eigenvalue weighted by Crippen LogP contribution is 2.41. The maximum Gasteiger partial charge on any atom is 0.237 e. The van der Waals surface area contributed by atoms with Crippen LogP contribution in [-0.4, -0.2) is 17.7 Å². The second-order valence-corrected chi connectivity index (χ2v) is 6.72. The van der Waals surface area contributed by atoms with E-state index in [0.29, 0.717) is 5.56 Å². The highest BCUT2D eigenvalue weighted by molar-refractivity contribution is 6.18. The molecule has 1 aliphatic heterocycles. The lowest BCUT2D eigenvalue weighted by Gasteiger charge is -2.47. The standard InChI is InChI=1S/C22H21NO2/c24-21(17-12-6-2-7-13-17)20-19(16-10-4-1-5-11-16)22(25)23(20)18-14-8-3-9-15-18/h2-3,6-10,12-15,19-20H,1,4-5,11H2/t19-,20-/m1/s1. The van der Waals surface area contributed by atoms with E-state index in [0.717, 1.165) is 30.5 Å². The van der Waals surface area contributed by atoms with Crippen molar-refractivity contribution in [3.05, 3.63) is 77.9 Å². The van der Waals surface area contributed by atoms with E-state index in [1.54, 1.807) is 4.90 Å². The van der Waals surface area contributed by atoms with Gasteiger partial charge in [-0.15, -0.1) is 0 Å². The molecule has 1 heterocycles. The Balaban J connectivity index is 1.71. The molecule has 2 aliphatic rings. The Morgan fingerprint density at radius 2 is 1.60 bits per heavy atom. The summed E-state index contributed by atoms with van der Waals surface area (Å²) in [6.45, 7) is 0. The lowest BCUT2D eigenvalue weighted by molar-refractivity contribution is -0.127. The number of ketones is 1. The Labute approximate surface area is 148 Å². The van der Waals surface area contributed by atoms with Gasteiger partial charge in [-0.1, -0.05) is 60.2 Å². The first kappa shape index (κ1) is 15.8. The van der Waals surface area contributed by atoms with Gasteiger partial charge in [0.05, 0.1) is 5.92 Å². The molecule has 25 heavy (non-hydrogen) atoms. The van der Waals surface area contributed by atoms with Crippen LogP contribution in [-0.2, 0) is 4.79 Å². The zero-order valence-electron chi connectivity index (χ0n) is 14.1. The molecule has 3 heteroatoms. The number of amides is 1. The van der Waals surface area contributed by atoms with Gasteiger partial charge in [-0.2, -0.15) is 0 Å². The Bertz CT molecular complexity index is 810. The van der Waals surface area contributed by atoms with E-state index >= 15 is 0 Å². The van der Waals surface area contributed by atoms with Crippen LogP contribution < -0.4 is 4.90 Å². The zero-order chi connectivity index (χ0) is 17.2. The number of anilines is 1. The molecule has 1 saturated heterocycles. The zero-order valence-corrected chi connectivity index (χ0v) is 14.1. The average Bonchev–Trinajstić information content (AvgIpc) is 2.68. The van der Waals surface area contributed by atoms with Crippen LogP contribution in [0.2, 0.25) is 0 Å². The van der Waals surface area contributed by atoms with Crippen molar-refractivity contribution in [2.24, 2.45) is 5.92 Å². The third kappa shape index (κ3) is 2.80. The smallest absolute Gasteiger partial charge is 0.237 e. The van der Waals surface area contributed by atoms with Gasteiger partial charge >= 0.3 is 0 Å². The molecule has 0 unspecified atom stereocenters. The van der Waals surface area contributed by atoms with Crippen molar-refractivity contribution in [1.29, 1.82) is 0 Å². The van der Waals surface area contributed by atoms with E-state index in [1.807, 2.05) is 60.7 Å². The first-order valence-electron chi connectivity index (χ1n) is 8.93. The molecule has 0 radical (unpaired) electrons. The second kappa shape index (κ2) is 6.67. The van der Waals surface area contributed by atoms with Crippen LogP contribution in [0.5, 0.6) is 0 Å². The topological polar surface area (TPSA) is 37.4 Å². The monoisotopic (exact) mass is 331 g/mol. The van der Waals surface area contributed by atoms with Gasteiger partial charge in [-0.25, -0.2) is 0 Å². The van der Waals surface area contributed by atoms with Gasteiger partial charge in [-0.05, 0) is 37.8 Å². The van der Waals surface area contributed by atoms with Crippen LogP contribution >= 0.6 is 0 Å². The molecule has 0 spiro atoms. The van der Waals surface area contributed by atoms with Crippen LogP contribution in [0.15, 0.2) is 72.3 Å². The fraction of sp³-hybridized carbons (Fsp3) is 0.273. The number of nitrogens with zero attached hydrogens (tertiary/aromatic N) is 1. The van der Waals surface area contributed by atoms with Crippen molar-refractivity contribution in [3.63, 3.8) is 0 Å². The lowest BCUT2D eigenvalue weighted by Crippen LogP contribution is -2.65. The fourth-order valence-electron chi connectivity index (χ4n) is 3.91. The first-order chi connectivity index (χ1) is 12.3. The fourth-order valence-corrected chi connectivity index (χ4v) is 3.91. The molecule has 0 aromatic heterocycles. The molecule has 126 valence electrons. The SMILES string of the molecule is O=C(c1ccccc1)[C@H]1[C@@H](C2=CCCCC2)C(=O)N1c1ccccc1. The van der Waals surface area contributed by atoms with E-state index in [4.69, 9.17) is 0 Å². The Kier molecular flexibility index (Phi) is 4.22. The van der Waals surface area contributed by atoms with Crippen molar-refractivity contribution in [3.8, 4) is 0 Å². The number of hydrogen-bond donors (Lipinski definition) is 0. The third-order valence-electron chi connectivity index (χ3n) is 5.18. The molecule has 0 N–H and O–H groups in total. The minimum absolute atomic E-state index is 0.0283. The molecule has 2 aromatic rings. The largest absolute Gasteiger partial charge is 0.300 e. The maximum atomic E-state index is 13.2. The van der Waals surface area contributed by atoms with E-state index in [9.17, 15) is 9.59 Å². The third-order valence-corrected chi connectivity index (χ3v) is 5.18. The van der Waals surface area contributed by atoms with Gasteiger partial charge in [0.2, 0.25) is 5.91 Å². The molecule has 1 aliphatic carbocycles. The number of allylic oxidation sites excluding steroid dienone is 1. The quantitative estimate of drug-likeness (QED) is 0.473. The van der Waals surface area contributed by atoms with Crippen molar-refractivity contribution in [2.75, 3.05) is 4.90 Å². The Hall–Kier alpha value is -2.68. The predicted octanol–water partition coefficient (Wildman–Crippen LogP) is 4.40. The number of benzene rings is 2. The van der Waals surface area contributed by atoms with Crippen molar-refractivity contribution in [1.82, 2.24) is 0 Å². The van der Waals surface area contributed by atoms with Crippen LogP contribution in [0.25, 0.3) is 0 Å². The van der Waals surface area contributed by atoms with Gasteiger partial charge in [0.15, 0.2) is 5.78 Å². The summed E-state index contributed by atoms with van der Waals surface area (Å²) in [5, 5.41) is 0. The molecular weight excluding hydrogens is 310 g/mol. The van der Waals surface area contributed by atoms with Gasteiger partial charge in [-0.3, -0.25) is 14.5 Å². The summed E-state index contributed by atoms with van der Waals surface area (Å²) in [4.78, 5) is 27.8.